The Balaban J connectivity index is 1.77. The zero-order chi connectivity index (χ0) is 13.5. The molecule has 0 amide bonds. The van der Waals surface area contributed by atoms with Crippen LogP contribution in [0.4, 0.5) is 5.13 Å². The lowest BCUT2D eigenvalue weighted by Gasteiger charge is -2.02. The molecule has 1 aromatic heterocycles. The zero-order valence-corrected chi connectivity index (χ0v) is 12.3. The molecule has 0 unspecified atom stereocenters. The third kappa shape index (κ3) is 4.78. The number of aromatic nitrogens is 2. The topological polar surface area (TPSA) is 47.0 Å². The van der Waals surface area contributed by atoms with Crippen molar-refractivity contribution < 1.29 is 4.74 Å². The smallest absolute Gasteiger partial charge is 0.205 e. The van der Waals surface area contributed by atoms with E-state index in [-0.39, 0.29) is 0 Å². The lowest BCUT2D eigenvalue weighted by Crippen LogP contribution is -1.98. The minimum Gasteiger partial charge on any atom is -0.370 e. The van der Waals surface area contributed by atoms with Crippen molar-refractivity contribution in [1.29, 1.82) is 0 Å². The zero-order valence-electron chi connectivity index (χ0n) is 10.7. The molecule has 1 N–H and O–H groups in total. The van der Waals surface area contributed by atoms with Gasteiger partial charge in [0.1, 0.15) is 11.6 Å². The molecule has 0 aliphatic rings. The van der Waals surface area contributed by atoms with E-state index in [9.17, 15) is 0 Å². The molecule has 0 aliphatic carbocycles. The highest BCUT2D eigenvalue weighted by atomic mass is 35.5. The predicted octanol–water partition coefficient (Wildman–Crippen LogP) is 3.73. The third-order valence-electron chi connectivity index (χ3n) is 2.38. The van der Waals surface area contributed by atoms with Crippen LogP contribution in [0.25, 0.3) is 0 Å². The molecule has 1 heterocycles. The van der Waals surface area contributed by atoms with Crippen molar-refractivity contribution >= 4 is 28.1 Å². The molecular formula is C13H16ClN3OS. The average molecular weight is 298 g/mol. The van der Waals surface area contributed by atoms with Crippen molar-refractivity contribution in [3.05, 3.63) is 39.9 Å². The van der Waals surface area contributed by atoms with Crippen molar-refractivity contribution in [3.63, 3.8) is 0 Å². The first-order valence-electron chi connectivity index (χ1n) is 6.16. The van der Waals surface area contributed by atoms with Gasteiger partial charge < -0.3 is 10.1 Å². The Kier molecular flexibility index (Phi) is 5.57. The summed E-state index contributed by atoms with van der Waals surface area (Å²) < 4.78 is 5.60. The van der Waals surface area contributed by atoms with E-state index in [1.165, 1.54) is 11.3 Å². The van der Waals surface area contributed by atoms with Crippen molar-refractivity contribution in [1.82, 2.24) is 10.2 Å². The average Bonchev–Trinajstić information content (AvgIpc) is 2.84. The van der Waals surface area contributed by atoms with E-state index in [2.05, 4.69) is 22.4 Å². The molecule has 0 saturated carbocycles. The van der Waals surface area contributed by atoms with Crippen LogP contribution in [-0.4, -0.2) is 16.7 Å². The number of halogens is 1. The molecule has 4 nitrogen and oxygen atoms in total. The van der Waals surface area contributed by atoms with E-state index in [0.717, 1.165) is 33.7 Å². The van der Waals surface area contributed by atoms with Crippen LogP contribution in [-0.2, 0) is 18.0 Å². The number of hydrogen-bond donors (Lipinski definition) is 1. The van der Waals surface area contributed by atoms with Crippen LogP contribution in [0.1, 0.15) is 23.9 Å². The van der Waals surface area contributed by atoms with Crippen LogP contribution < -0.4 is 5.32 Å². The van der Waals surface area contributed by atoms with Crippen LogP contribution >= 0.6 is 22.9 Å². The lowest BCUT2D eigenvalue weighted by atomic mass is 10.2. The maximum absolute atomic E-state index is 5.91. The summed E-state index contributed by atoms with van der Waals surface area (Å²) in [5.74, 6) is 0. The Bertz CT molecular complexity index is 518. The molecule has 2 rings (SSSR count). The van der Waals surface area contributed by atoms with Crippen molar-refractivity contribution in [2.45, 2.75) is 26.6 Å². The summed E-state index contributed by atoms with van der Waals surface area (Å²) in [6, 6.07) is 7.65. The molecule has 0 aliphatic heterocycles. The Hall–Kier alpha value is -1.17. The minimum absolute atomic E-state index is 0.470. The van der Waals surface area contributed by atoms with Gasteiger partial charge in [0.05, 0.1) is 6.61 Å². The number of anilines is 1. The molecule has 1 aromatic carbocycles. The van der Waals surface area contributed by atoms with Gasteiger partial charge >= 0.3 is 0 Å². The first-order chi connectivity index (χ1) is 9.28. The number of nitrogens with one attached hydrogen (secondary N) is 1. The van der Waals surface area contributed by atoms with E-state index in [1.54, 1.807) is 0 Å². The molecule has 0 bridgehead atoms. The van der Waals surface area contributed by atoms with E-state index < -0.39 is 0 Å². The number of hydrogen-bond acceptors (Lipinski definition) is 5. The summed E-state index contributed by atoms with van der Waals surface area (Å²) in [6.45, 7) is 4.02. The Morgan fingerprint density at radius 3 is 3.00 bits per heavy atom. The van der Waals surface area contributed by atoms with Gasteiger partial charge in [-0.1, -0.05) is 42.0 Å². The molecule has 0 spiro atoms. The maximum atomic E-state index is 5.91. The second kappa shape index (κ2) is 7.43. The summed E-state index contributed by atoms with van der Waals surface area (Å²) in [4.78, 5) is 0. The van der Waals surface area contributed by atoms with Gasteiger partial charge in [-0.3, -0.25) is 0 Å². The molecule has 0 saturated heterocycles. The molecule has 102 valence electrons. The molecular weight excluding hydrogens is 282 g/mol. The second-order valence-corrected chi connectivity index (χ2v) is 5.55. The summed E-state index contributed by atoms with van der Waals surface area (Å²) in [5, 5.41) is 13.8. The summed E-state index contributed by atoms with van der Waals surface area (Å²) in [5.41, 5.74) is 1.06. The largest absolute Gasteiger partial charge is 0.370 e. The van der Waals surface area contributed by atoms with Crippen molar-refractivity contribution in [2.75, 3.05) is 11.9 Å². The number of ether oxygens (including phenoxy) is 1. The third-order valence-corrected chi connectivity index (χ3v) is 3.47. The van der Waals surface area contributed by atoms with Gasteiger partial charge in [0, 0.05) is 11.6 Å². The molecule has 19 heavy (non-hydrogen) atoms. The SMILES string of the molecule is CCCNc1nnc(COCc2cccc(Cl)c2)s1. The van der Waals surface area contributed by atoms with Gasteiger partial charge in [0.2, 0.25) is 5.13 Å². The second-order valence-electron chi connectivity index (χ2n) is 4.05. The van der Waals surface area contributed by atoms with E-state index in [0.29, 0.717) is 13.2 Å². The van der Waals surface area contributed by atoms with Crippen molar-refractivity contribution in [3.8, 4) is 0 Å². The van der Waals surface area contributed by atoms with E-state index >= 15 is 0 Å². The highest BCUT2D eigenvalue weighted by Crippen LogP contribution is 2.17. The number of nitrogens with zero attached hydrogens (tertiary/aromatic N) is 2. The predicted molar refractivity (Wildman–Crippen MR) is 78.6 cm³/mol. The van der Waals surface area contributed by atoms with Gasteiger partial charge in [-0.2, -0.15) is 0 Å². The van der Waals surface area contributed by atoms with Crippen LogP contribution in [0.5, 0.6) is 0 Å². The fraction of sp³-hybridized carbons (Fsp3) is 0.385. The fourth-order valence-electron chi connectivity index (χ4n) is 1.50. The van der Waals surface area contributed by atoms with Crippen LogP contribution in [0.3, 0.4) is 0 Å². The van der Waals surface area contributed by atoms with Crippen LogP contribution in [0.2, 0.25) is 5.02 Å². The van der Waals surface area contributed by atoms with Gasteiger partial charge in [0.15, 0.2) is 0 Å². The highest BCUT2D eigenvalue weighted by molar-refractivity contribution is 7.15. The Morgan fingerprint density at radius 1 is 1.32 bits per heavy atom. The van der Waals surface area contributed by atoms with E-state index in [1.807, 2.05) is 24.3 Å². The van der Waals surface area contributed by atoms with Gasteiger partial charge in [-0.25, -0.2) is 0 Å². The Morgan fingerprint density at radius 2 is 2.21 bits per heavy atom. The highest BCUT2D eigenvalue weighted by Gasteiger charge is 2.03. The molecule has 0 fully saturated rings. The standard InChI is InChI=1S/C13H16ClN3OS/c1-2-6-15-13-17-16-12(19-13)9-18-8-10-4-3-5-11(14)7-10/h3-5,7H,2,6,8-9H2,1H3,(H,15,17). The quantitative estimate of drug-likeness (QED) is 0.846. The molecule has 0 atom stereocenters. The Labute approximate surface area is 121 Å². The monoisotopic (exact) mass is 297 g/mol. The van der Waals surface area contributed by atoms with Gasteiger partial charge in [-0.05, 0) is 24.1 Å². The van der Waals surface area contributed by atoms with Crippen LogP contribution in [0, 0.1) is 0 Å². The number of benzene rings is 1. The van der Waals surface area contributed by atoms with Crippen molar-refractivity contribution in [2.24, 2.45) is 0 Å². The maximum Gasteiger partial charge on any atom is 0.205 e. The molecule has 0 radical (unpaired) electrons. The molecule has 2 aromatic rings. The summed E-state index contributed by atoms with van der Waals surface area (Å²) >= 11 is 7.44. The van der Waals surface area contributed by atoms with Gasteiger partial charge in [0.25, 0.3) is 0 Å². The first-order valence-corrected chi connectivity index (χ1v) is 7.36. The van der Waals surface area contributed by atoms with E-state index in [4.69, 9.17) is 16.3 Å². The van der Waals surface area contributed by atoms with Crippen LogP contribution in [0.15, 0.2) is 24.3 Å². The van der Waals surface area contributed by atoms with Gasteiger partial charge in [-0.15, -0.1) is 10.2 Å². The first kappa shape index (κ1) is 14.2. The lowest BCUT2D eigenvalue weighted by molar-refractivity contribution is 0.106. The minimum atomic E-state index is 0.470. The summed E-state index contributed by atoms with van der Waals surface area (Å²) in [6.07, 6.45) is 1.07. The fourth-order valence-corrected chi connectivity index (χ4v) is 2.41. The normalized spacial score (nSPS) is 10.6. The molecule has 6 heteroatoms. The summed E-state index contributed by atoms with van der Waals surface area (Å²) in [7, 11) is 0. The number of rotatable bonds is 7.